The van der Waals surface area contributed by atoms with Crippen LogP contribution in [-0.2, 0) is 16.2 Å². The molecule has 2 aromatic heterocycles. The molecule has 7 nitrogen and oxygen atoms in total. The number of nitrogens with one attached hydrogen (secondary N) is 1. The number of benzene rings is 1. The first-order chi connectivity index (χ1) is 14.7. The van der Waals surface area contributed by atoms with Gasteiger partial charge in [-0.1, -0.05) is 34.8 Å². The Morgan fingerprint density at radius 2 is 1.78 bits per heavy atom. The highest BCUT2D eigenvalue weighted by molar-refractivity contribution is 7.89. The molecule has 3 N–H and O–H groups in total. The number of hydrogen-bond donors (Lipinski definition) is 2. The topological polar surface area (TPSA) is 123 Å². The Morgan fingerprint density at radius 1 is 1.12 bits per heavy atom. The summed E-state index contributed by atoms with van der Waals surface area (Å²) in [6.07, 6.45) is -3.11. The monoisotopic (exact) mass is 525 g/mol. The molecular formula is C18H9Cl3F3N3O4S. The molecule has 3 rings (SSSR count). The van der Waals surface area contributed by atoms with Gasteiger partial charge in [0.25, 0.3) is 5.56 Å². The fourth-order valence-corrected chi connectivity index (χ4v) is 4.29. The highest BCUT2D eigenvalue weighted by atomic mass is 35.5. The summed E-state index contributed by atoms with van der Waals surface area (Å²) in [7, 11) is -4.74. The standard InChI is InChI=1S/C18H9Cl3F3N3O4S/c19-7-5-9(15(27-6-7)16(28)8-3-4-26-17(29)14(8)21)12-11(32(25,30)31)2-1-10(20)13(12)18(22,23)24/h1-6H,(H,26,29)(H2,25,30,31). The number of rotatable bonds is 4. The third kappa shape index (κ3) is 4.52. The second-order valence-electron chi connectivity index (χ2n) is 6.25. The maximum absolute atomic E-state index is 13.9. The van der Waals surface area contributed by atoms with Gasteiger partial charge in [0.1, 0.15) is 10.7 Å². The van der Waals surface area contributed by atoms with Crippen molar-refractivity contribution in [1.82, 2.24) is 9.97 Å². The van der Waals surface area contributed by atoms with Crippen molar-refractivity contribution in [2.75, 3.05) is 0 Å². The Labute approximate surface area is 193 Å². The maximum atomic E-state index is 13.9. The van der Waals surface area contributed by atoms with Gasteiger partial charge < -0.3 is 4.98 Å². The van der Waals surface area contributed by atoms with Gasteiger partial charge in [-0.2, -0.15) is 13.2 Å². The van der Waals surface area contributed by atoms with Crippen LogP contribution in [0.2, 0.25) is 15.1 Å². The summed E-state index contributed by atoms with van der Waals surface area (Å²) in [6.45, 7) is 0. The quantitative estimate of drug-likeness (QED) is 0.491. The number of H-pyrrole nitrogens is 1. The molecule has 0 aliphatic heterocycles. The van der Waals surface area contributed by atoms with E-state index in [1.54, 1.807) is 0 Å². The number of ketones is 1. The van der Waals surface area contributed by atoms with Crippen molar-refractivity contribution >= 4 is 50.6 Å². The molecule has 2 heterocycles. The number of nitrogens with two attached hydrogens (primary N) is 1. The van der Waals surface area contributed by atoms with E-state index in [9.17, 15) is 31.2 Å². The van der Waals surface area contributed by atoms with Gasteiger partial charge in [-0.25, -0.2) is 13.6 Å². The van der Waals surface area contributed by atoms with Crippen molar-refractivity contribution in [2.45, 2.75) is 11.1 Å². The van der Waals surface area contributed by atoms with E-state index in [4.69, 9.17) is 39.9 Å². The van der Waals surface area contributed by atoms with Gasteiger partial charge >= 0.3 is 6.18 Å². The highest BCUT2D eigenvalue weighted by Crippen LogP contribution is 2.45. The number of hydrogen-bond acceptors (Lipinski definition) is 5. The zero-order valence-corrected chi connectivity index (χ0v) is 18.4. The minimum atomic E-state index is -5.16. The minimum absolute atomic E-state index is 0.220. The lowest BCUT2D eigenvalue weighted by Gasteiger charge is -2.19. The number of aromatic amines is 1. The van der Waals surface area contributed by atoms with Crippen LogP contribution in [0.5, 0.6) is 0 Å². The first-order valence-electron chi connectivity index (χ1n) is 8.23. The summed E-state index contributed by atoms with van der Waals surface area (Å²) < 4.78 is 66.0. The van der Waals surface area contributed by atoms with Crippen molar-refractivity contribution in [3.05, 3.63) is 78.9 Å². The van der Waals surface area contributed by atoms with Crippen molar-refractivity contribution in [3.8, 4) is 11.1 Å². The summed E-state index contributed by atoms with van der Waals surface area (Å²) in [5, 5.41) is 3.51. The Bertz CT molecular complexity index is 1420. The fraction of sp³-hybridized carbons (Fsp3) is 0.0556. The Balaban J connectivity index is 2.49. The van der Waals surface area contributed by atoms with Crippen LogP contribution in [0.4, 0.5) is 13.2 Å². The van der Waals surface area contributed by atoms with Gasteiger partial charge in [0, 0.05) is 29.1 Å². The summed E-state index contributed by atoms with van der Waals surface area (Å²) in [5.74, 6) is -1.07. The van der Waals surface area contributed by atoms with Crippen molar-refractivity contribution < 1.29 is 26.4 Å². The van der Waals surface area contributed by atoms with Crippen LogP contribution in [-0.4, -0.2) is 24.2 Å². The number of sulfonamides is 1. The number of nitrogens with zero attached hydrogens (tertiary/aromatic N) is 1. The zero-order chi connectivity index (χ0) is 24.0. The van der Waals surface area contributed by atoms with E-state index in [0.717, 1.165) is 30.6 Å². The summed E-state index contributed by atoms with van der Waals surface area (Å²) in [4.78, 5) is 29.9. The Kier molecular flexibility index (Phi) is 6.42. The predicted molar refractivity (Wildman–Crippen MR) is 112 cm³/mol. The first kappa shape index (κ1) is 24.2. The minimum Gasteiger partial charge on any atom is -0.328 e. The molecule has 0 aliphatic carbocycles. The van der Waals surface area contributed by atoms with Crippen LogP contribution in [0.1, 0.15) is 21.6 Å². The molecular weight excluding hydrogens is 518 g/mol. The smallest absolute Gasteiger partial charge is 0.328 e. The number of primary sulfonamides is 1. The van der Waals surface area contributed by atoms with E-state index in [2.05, 4.69) is 9.97 Å². The number of alkyl halides is 3. The van der Waals surface area contributed by atoms with E-state index >= 15 is 0 Å². The average molecular weight is 527 g/mol. The second-order valence-corrected chi connectivity index (χ2v) is 9.00. The molecule has 0 unspecified atom stereocenters. The number of pyridine rings is 2. The molecule has 0 atom stereocenters. The van der Waals surface area contributed by atoms with Gasteiger partial charge in [0.15, 0.2) is 0 Å². The summed E-state index contributed by atoms with van der Waals surface area (Å²) in [6, 6.07) is 3.48. The molecule has 0 fully saturated rings. The van der Waals surface area contributed by atoms with Gasteiger partial charge in [0.2, 0.25) is 15.8 Å². The predicted octanol–water partition coefficient (Wildman–Crippen LogP) is 4.29. The third-order valence-corrected chi connectivity index (χ3v) is 6.04. The second kappa shape index (κ2) is 8.49. The lowest BCUT2D eigenvalue weighted by molar-refractivity contribution is -0.137. The molecule has 0 bridgehead atoms. The summed E-state index contributed by atoms with van der Waals surface area (Å²) in [5.41, 5.74) is -5.11. The fourth-order valence-electron chi connectivity index (χ4n) is 2.91. The van der Waals surface area contributed by atoms with Crippen LogP contribution in [0, 0.1) is 0 Å². The van der Waals surface area contributed by atoms with Gasteiger partial charge in [-0.3, -0.25) is 14.6 Å². The third-order valence-electron chi connectivity index (χ3n) is 4.19. The van der Waals surface area contributed by atoms with Crippen molar-refractivity contribution in [3.63, 3.8) is 0 Å². The lowest BCUT2D eigenvalue weighted by atomic mass is 9.94. The maximum Gasteiger partial charge on any atom is 0.418 e. The van der Waals surface area contributed by atoms with Gasteiger partial charge in [-0.05, 0) is 24.3 Å². The Hall–Kier alpha value is -2.44. The molecule has 0 radical (unpaired) electrons. The normalized spacial score (nSPS) is 12.1. The van der Waals surface area contributed by atoms with Crippen LogP contribution >= 0.6 is 34.8 Å². The molecule has 0 spiro atoms. The van der Waals surface area contributed by atoms with E-state index in [0.29, 0.717) is 6.07 Å². The van der Waals surface area contributed by atoms with E-state index in [1.807, 2.05) is 0 Å². The molecule has 1 aromatic carbocycles. The van der Waals surface area contributed by atoms with Crippen LogP contribution in [0.15, 0.2) is 46.3 Å². The SMILES string of the molecule is NS(=O)(=O)c1ccc(Cl)c(C(F)(F)F)c1-c1cc(Cl)cnc1C(=O)c1cc[nH]c(=O)c1Cl. The number of carbonyl (C=O) groups is 1. The van der Waals surface area contributed by atoms with Gasteiger partial charge in [-0.15, -0.1) is 0 Å². The molecule has 32 heavy (non-hydrogen) atoms. The average Bonchev–Trinajstić information content (AvgIpc) is 2.67. The van der Waals surface area contributed by atoms with E-state index in [-0.39, 0.29) is 10.6 Å². The molecule has 168 valence electrons. The van der Waals surface area contributed by atoms with Gasteiger partial charge in [0.05, 0.1) is 20.5 Å². The van der Waals surface area contributed by atoms with Crippen LogP contribution in [0.25, 0.3) is 11.1 Å². The van der Waals surface area contributed by atoms with Crippen molar-refractivity contribution in [2.24, 2.45) is 5.14 Å². The van der Waals surface area contributed by atoms with E-state index in [1.165, 1.54) is 0 Å². The lowest BCUT2D eigenvalue weighted by Crippen LogP contribution is -2.19. The molecule has 14 heteroatoms. The van der Waals surface area contributed by atoms with Crippen LogP contribution in [0.3, 0.4) is 0 Å². The molecule has 0 saturated heterocycles. The molecule has 0 saturated carbocycles. The number of halogens is 6. The van der Waals surface area contributed by atoms with E-state index < -0.39 is 64.9 Å². The van der Waals surface area contributed by atoms with Crippen molar-refractivity contribution in [1.29, 1.82) is 0 Å². The van der Waals surface area contributed by atoms with Crippen LogP contribution < -0.4 is 10.7 Å². The first-order valence-corrected chi connectivity index (χ1v) is 10.9. The number of aromatic nitrogens is 2. The zero-order valence-electron chi connectivity index (χ0n) is 15.3. The molecule has 0 aliphatic rings. The molecule has 3 aromatic rings. The number of carbonyl (C=O) groups excluding carboxylic acids is 1. The highest BCUT2D eigenvalue weighted by Gasteiger charge is 2.40. The largest absolute Gasteiger partial charge is 0.418 e. The Morgan fingerprint density at radius 3 is 2.38 bits per heavy atom. The molecule has 0 amide bonds. The summed E-state index contributed by atoms with van der Waals surface area (Å²) >= 11 is 17.5.